The number of ether oxygens (including phenoxy) is 2. The number of carbonyl (C=O) groups excluding carboxylic acids is 1. The van der Waals surface area contributed by atoms with Crippen molar-refractivity contribution in [3.63, 3.8) is 0 Å². The second-order valence-corrected chi connectivity index (χ2v) is 4.01. The highest BCUT2D eigenvalue weighted by Crippen LogP contribution is 2.28. The van der Waals surface area contributed by atoms with Gasteiger partial charge in [-0.05, 0) is 22.6 Å². The van der Waals surface area contributed by atoms with Crippen molar-refractivity contribution in [2.24, 2.45) is 7.05 Å². The number of rotatable bonds is 5. The Kier molecular flexibility index (Phi) is 4.14. The third-order valence-electron chi connectivity index (χ3n) is 2.71. The van der Waals surface area contributed by atoms with E-state index in [9.17, 15) is 4.79 Å². The summed E-state index contributed by atoms with van der Waals surface area (Å²) in [6.45, 7) is 0. The van der Waals surface area contributed by atoms with Crippen molar-refractivity contribution in [2.75, 3.05) is 19.5 Å². The van der Waals surface area contributed by atoms with E-state index in [0.717, 1.165) is 0 Å². The minimum absolute atomic E-state index is 0.0733. The van der Waals surface area contributed by atoms with Gasteiger partial charge >= 0.3 is 0 Å². The van der Waals surface area contributed by atoms with Gasteiger partial charge in [0.15, 0.2) is 5.82 Å². The molecule has 8 nitrogen and oxygen atoms in total. The Labute approximate surface area is 115 Å². The van der Waals surface area contributed by atoms with Crippen molar-refractivity contribution in [1.29, 1.82) is 0 Å². The van der Waals surface area contributed by atoms with E-state index in [-0.39, 0.29) is 12.3 Å². The van der Waals surface area contributed by atoms with Gasteiger partial charge in [-0.25, -0.2) is 4.68 Å². The molecular weight excluding hydrogens is 262 g/mol. The molecule has 0 saturated carbocycles. The standard InChI is InChI=1S/C12H15N5O3/c1-17-11(14-15-16-17)7-12(18)13-9-6-8(19-2)4-5-10(9)20-3/h4-6H,7H2,1-3H3,(H,13,18). The molecule has 0 aliphatic rings. The van der Waals surface area contributed by atoms with Gasteiger partial charge in [-0.2, -0.15) is 0 Å². The Morgan fingerprint density at radius 1 is 1.35 bits per heavy atom. The molecule has 2 aromatic rings. The first-order valence-corrected chi connectivity index (χ1v) is 5.87. The molecule has 0 fully saturated rings. The maximum absolute atomic E-state index is 12.0. The summed E-state index contributed by atoms with van der Waals surface area (Å²) in [5, 5.41) is 13.7. The average molecular weight is 277 g/mol. The van der Waals surface area contributed by atoms with Gasteiger partial charge in [0, 0.05) is 13.1 Å². The zero-order valence-electron chi connectivity index (χ0n) is 11.5. The molecular formula is C12H15N5O3. The van der Waals surface area contributed by atoms with Crippen LogP contribution in [-0.4, -0.2) is 40.3 Å². The van der Waals surface area contributed by atoms with Crippen LogP contribution >= 0.6 is 0 Å². The molecule has 0 unspecified atom stereocenters. The fourth-order valence-electron chi connectivity index (χ4n) is 1.65. The van der Waals surface area contributed by atoms with Crippen LogP contribution in [0, 0.1) is 0 Å². The number of aryl methyl sites for hydroxylation is 1. The number of amides is 1. The number of hydrogen-bond acceptors (Lipinski definition) is 6. The van der Waals surface area contributed by atoms with E-state index in [4.69, 9.17) is 9.47 Å². The van der Waals surface area contributed by atoms with Gasteiger partial charge in [0.2, 0.25) is 5.91 Å². The van der Waals surface area contributed by atoms with Crippen molar-refractivity contribution in [2.45, 2.75) is 6.42 Å². The molecule has 0 bridgehead atoms. The molecule has 0 aliphatic heterocycles. The maximum atomic E-state index is 12.0. The predicted molar refractivity (Wildman–Crippen MR) is 70.7 cm³/mol. The molecule has 0 saturated heterocycles. The molecule has 1 amide bonds. The van der Waals surface area contributed by atoms with E-state index in [2.05, 4.69) is 20.8 Å². The molecule has 1 heterocycles. The molecule has 8 heteroatoms. The van der Waals surface area contributed by atoms with Crippen LogP contribution in [0.4, 0.5) is 5.69 Å². The van der Waals surface area contributed by atoms with Gasteiger partial charge in [-0.3, -0.25) is 4.79 Å². The van der Waals surface area contributed by atoms with Crippen LogP contribution in [0.15, 0.2) is 18.2 Å². The molecule has 1 aromatic carbocycles. The lowest BCUT2D eigenvalue weighted by Crippen LogP contribution is -2.17. The lowest BCUT2D eigenvalue weighted by molar-refractivity contribution is -0.115. The van der Waals surface area contributed by atoms with Gasteiger partial charge in [-0.1, -0.05) is 0 Å². The number of anilines is 1. The van der Waals surface area contributed by atoms with Gasteiger partial charge in [0.25, 0.3) is 0 Å². The first-order valence-electron chi connectivity index (χ1n) is 5.87. The summed E-state index contributed by atoms with van der Waals surface area (Å²) >= 11 is 0. The quantitative estimate of drug-likeness (QED) is 0.851. The van der Waals surface area contributed by atoms with Crippen molar-refractivity contribution < 1.29 is 14.3 Å². The number of hydrogen-bond donors (Lipinski definition) is 1. The molecule has 20 heavy (non-hydrogen) atoms. The van der Waals surface area contributed by atoms with Gasteiger partial charge < -0.3 is 14.8 Å². The summed E-state index contributed by atoms with van der Waals surface area (Å²) in [7, 11) is 4.76. The lowest BCUT2D eigenvalue weighted by Gasteiger charge is -2.11. The Morgan fingerprint density at radius 2 is 2.15 bits per heavy atom. The Hall–Kier alpha value is -2.64. The topological polar surface area (TPSA) is 91.2 Å². The van der Waals surface area contributed by atoms with E-state index in [1.807, 2.05) is 0 Å². The normalized spacial score (nSPS) is 10.2. The second-order valence-electron chi connectivity index (χ2n) is 4.01. The minimum Gasteiger partial charge on any atom is -0.497 e. The van der Waals surface area contributed by atoms with Crippen molar-refractivity contribution >= 4 is 11.6 Å². The predicted octanol–water partition coefficient (Wildman–Crippen LogP) is 0.408. The van der Waals surface area contributed by atoms with Crippen LogP contribution in [0.1, 0.15) is 5.82 Å². The number of methoxy groups -OCH3 is 2. The van der Waals surface area contributed by atoms with Crippen LogP contribution in [0.2, 0.25) is 0 Å². The first kappa shape index (κ1) is 13.8. The Morgan fingerprint density at radius 3 is 2.75 bits per heavy atom. The summed E-state index contributed by atoms with van der Waals surface area (Å²) in [4.78, 5) is 12.0. The summed E-state index contributed by atoms with van der Waals surface area (Å²) in [5.41, 5.74) is 0.534. The minimum atomic E-state index is -0.241. The Bertz CT molecular complexity index is 611. The summed E-state index contributed by atoms with van der Waals surface area (Å²) in [6, 6.07) is 5.16. The summed E-state index contributed by atoms with van der Waals surface area (Å²) in [5.74, 6) is 1.41. The van der Waals surface area contributed by atoms with E-state index in [0.29, 0.717) is 23.0 Å². The molecule has 0 aliphatic carbocycles. The van der Waals surface area contributed by atoms with Gasteiger partial charge in [-0.15, -0.1) is 5.10 Å². The van der Waals surface area contributed by atoms with Crippen LogP contribution in [0.3, 0.4) is 0 Å². The molecule has 0 radical (unpaired) electrons. The summed E-state index contributed by atoms with van der Waals surface area (Å²) < 4.78 is 11.8. The highest BCUT2D eigenvalue weighted by atomic mass is 16.5. The van der Waals surface area contributed by atoms with Crippen molar-refractivity contribution in [1.82, 2.24) is 20.2 Å². The van der Waals surface area contributed by atoms with Gasteiger partial charge in [0.05, 0.1) is 26.3 Å². The highest BCUT2D eigenvalue weighted by Gasteiger charge is 2.12. The highest BCUT2D eigenvalue weighted by molar-refractivity contribution is 5.93. The van der Waals surface area contributed by atoms with Crippen LogP contribution in [-0.2, 0) is 18.3 Å². The number of benzene rings is 1. The second kappa shape index (κ2) is 6.00. The smallest absolute Gasteiger partial charge is 0.232 e. The lowest BCUT2D eigenvalue weighted by atomic mass is 10.2. The van der Waals surface area contributed by atoms with E-state index in [1.165, 1.54) is 11.8 Å². The van der Waals surface area contributed by atoms with Crippen molar-refractivity contribution in [3.05, 3.63) is 24.0 Å². The zero-order chi connectivity index (χ0) is 14.5. The molecule has 1 aromatic heterocycles. The van der Waals surface area contributed by atoms with E-state index >= 15 is 0 Å². The van der Waals surface area contributed by atoms with Crippen molar-refractivity contribution in [3.8, 4) is 11.5 Å². The average Bonchev–Trinajstić information content (AvgIpc) is 2.84. The number of nitrogens with zero attached hydrogens (tertiary/aromatic N) is 4. The molecule has 106 valence electrons. The Balaban J connectivity index is 2.12. The fraction of sp³-hybridized carbons (Fsp3) is 0.333. The van der Waals surface area contributed by atoms with Crippen LogP contribution in [0.25, 0.3) is 0 Å². The number of aromatic nitrogens is 4. The van der Waals surface area contributed by atoms with E-state index < -0.39 is 0 Å². The zero-order valence-corrected chi connectivity index (χ0v) is 11.5. The third-order valence-corrected chi connectivity index (χ3v) is 2.71. The number of tetrazole rings is 1. The monoisotopic (exact) mass is 277 g/mol. The maximum Gasteiger partial charge on any atom is 0.232 e. The largest absolute Gasteiger partial charge is 0.497 e. The van der Waals surface area contributed by atoms with Crippen LogP contribution in [0.5, 0.6) is 11.5 Å². The molecule has 1 N–H and O–H groups in total. The molecule has 0 spiro atoms. The molecule has 0 atom stereocenters. The number of nitrogens with one attached hydrogen (secondary N) is 1. The SMILES string of the molecule is COc1ccc(OC)c(NC(=O)Cc2nnnn2C)c1. The van der Waals surface area contributed by atoms with E-state index in [1.54, 1.807) is 32.4 Å². The van der Waals surface area contributed by atoms with Crippen LogP contribution < -0.4 is 14.8 Å². The number of carbonyl (C=O) groups is 1. The third kappa shape index (κ3) is 3.02. The fourth-order valence-corrected chi connectivity index (χ4v) is 1.65. The molecule has 2 rings (SSSR count). The summed E-state index contributed by atoms with van der Waals surface area (Å²) in [6.07, 6.45) is 0.0733. The van der Waals surface area contributed by atoms with Gasteiger partial charge in [0.1, 0.15) is 11.5 Å². The first-order chi connectivity index (χ1) is 9.63.